The van der Waals surface area contributed by atoms with Gasteiger partial charge >= 0.3 is 5.97 Å². The predicted molar refractivity (Wildman–Crippen MR) is 70.5 cm³/mol. The van der Waals surface area contributed by atoms with Crippen LogP contribution in [0.15, 0.2) is 0 Å². The Bertz CT molecular complexity index is 409. The summed E-state index contributed by atoms with van der Waals surface area (Å²) >= 11 is 0. The summed E-state index contributed by atoms with van der Waals surface area (Å²) in [6, 6.07) is 0. The molecule has 4 nitrogen and oxygen atoms in total. The highest BCUT2D eigenvalue weighted by Gasteiger charge is 2.64. The van der Waals surface area contributed by atoms with Crippen molar-refractivity contribution in [2.45, 2.75) is 71.0 Å². The summed E-state index contributed by atoms with van der Waals surface area (Å²) in [6.45, 7) is 7.25. The number of carbonyl (C=O) groups excluding carboxylic acids is 2. The Morgan fingerprint density at radius 3 is 2.58 bits per heavy atom. The van der Waals surface area contributed by atoms with Crippen molar-refractivity contribution in [2.75, 3.05) is 0 Å². The highest BCUT2D eigenvalue weighted by molar-refractivity contribution is 5.89. The smallest absolute Gasteiger partial charge is 0.312 e. The average Bonchev–Trinajstić information content (AvgIpc) is 2.51. The highest BCUT2D eigenvalue weighted by atomic mass is 16.6. The number of hydrogen-bond donors (Lipinski definition) is 1. The van der Waals surface area contributed by atoms with Crippen LogP contribution < -0.4 is 0 Å². The van der Waals surface area contributed by atoms with Gasteiger partial charge in [-0.2, -0.15) is 0 Å². The Morgan fingerprint density at radius 1 is 1.37 bits per heavy atom. The number of carbonyl (C=O) groups is 2. The lowest BCUT2D eigenvalue weighted by atomic mass is 9.63. The Balaban J connectivity index is 2.25. The largest absolute Gasteiger partial charge is 0.460 e. The topological polar surface area (TPSA) is 63.6 Å². The zero-order chi connectivity index (χ0) is 14.5. The lowest BCUT2D eigenvalue weighted by Crippen LogP contribution is -2.55. The number of Topliss-reactive ketones (excluding diaryl/α,β-unsaturated/α-hetero) is 1. The number of hydrogen-bond acceptors (Lipinski definition) is 4. The molecule has 3 atom stereocenters. The molecular formula is C15H24O4. The number of rotatable bonds is 1. The standard InChI is InChI=1S/C15H24O4/c1-13(2,3)19-12(17)10-7-9-14(4)11(16)6-5-8-15(10,14)18/h10,18H,5-9H2,1-4H3/t10-,14+,15-/m1/s1. The van der Waals surface area contributed by atoms with Crippen LogP contribution in [-0.2, 0) is 14.3 Å². The van der Waals surface area contributed by atoms with E-state index in [0.717, 1.165) is 0 Å². The summed E-state index contributed by atoms with van der Waals surface area (Å²) in [5.74, 6) is -0.846. The summed E-state index contributed by atoms with van der Waals surface area (Å²) in [6.07, 6.45) is 2.79. The minimum Gasteiger partial charge on any atom is -0.460 e. The second-order valence-electron chi connectivity index (χ2n) is 7.16. The summed E-state index contributed by atoms with van der Waals surface area (Å²) in [7, 11) is 0. The van der Waals surface area contributed by atoms with E-state index in [2.05, 4.69) is 0 Å². The molecule has 2 rings (SSSR count). The van der Waals surface area contributed by atoms with Gasteiger partial charge in [-0.25, -0.2) is 0 Å². The number of esters is 1. The van der Waals surface area contributed by atoms with Crippen molar-refractivity contribution in [3.8, 4) is 0 Å². The fourth-order valence-electron chi connectivity index (χ4n) is 3.58. The molecule has 2 saturated carbocycles. The van der Waals surface area contributed by atoms with Crippen molar-refractivity contribution >= 4 is 11.8 Å². The van der Waals surface area contributed by atoms with Crippen LogP contribution in [0.3, 0.4) is 0 Å². The third-order valence-corrected chi connectivity index (χ3v) is 4.73. The molecule has 19 heavy (non-hydrogen) atoms. The Labute approximate surface area is 114 Å². The van der Waals surface area contributed by atoms with Gasteiger partial charge in [0, 0.05) is 6.42 Å². The predicted octanol–water partition coefficient (Wildman–Crippen LogP) is 2.23. The van der Waals surface area contributed by atoms with Gasteiger partial charge < -0.3 is 9.84 Å². The third-order valence-electron chi connectivity index (χ3n) is 4.73. The first-order valence-electron chi connectivity index (χ1n) is 7.09. The molecule has 0 saturated heterocycles. The van der Waals surface area contributed by atoms with Crippen LogP contribution in [0.25, 0.3) is 0 Å². The van der Waals surface area contributed by atoms with Crippen molar-refractivity contribution in [1.29, 1.82) is 0 Å². The average molecular weight is 268 g/mol. The summed E-state index contributed by atoms with van der Waals surface area (Å²) in [5.41, 5.74) is -2.55. The molecule has 0 bridgehead atoms. The summed E-state index contributed by atoms with van der Waals surface area (Å²) in [4.78, 5) is 24.4. The van der Waals surface area contributed by atoms with Crippen LogP contribution in [0, 0.1) is 11.3 Å². The number of aliphatic hydroxyl groups is 1. The van der Waals surface area contributed by atoms with E-state index >= 15 is 0 Å². The molecule has 0 radical (unpaired) electrons. The Kier molecular flexibility index (Phi) is 3.28. The zero-order valence-electron chi connectivity index (χ0n) is 12.3. The van der Waals surface area contributed by atoms with E-state index in [4.69, 9.17) is 4.74 Å². The van der Waals surface area contributed by atoms with Gasteiger partial charge in [-0.15, -0.1) is 0 Å². The van der Waals surface area contributed by atoms with Crippen LogP contribution in [-0.4, -0.2) is 28.1 Å². The zero-order valence-corrected chi connectivity index (χ0v) is 12.3. The lowest BCUT2D eigenvalue weighted by molar-refractivity contribution is -0.179. The quantitative estimate of drug-likeness (QED) is 0.741. The highest BCUT2D eigenvalue weighted by Crippen LogP contribution is 2.56. The maximum Gasteiger partial charge on any atom is 0.312 e. The lowest BCUT2D eigenvalue weighted by Gasteiger charge is -2.44. The number of ketones is 1. The molecule has 108 valence electrons. The molecule has 1 N–H and O–H groups in total. The molecular weight excluding hydrogens is 244 g/mol. The van der Waals surface area contributed by atoms with Crippen molar-refractivity contribution in [1.82, 2.24) is 0 Å². The van der Waals surface area contributed by atoms with Crippen LogP contribution >= 0.6 is 0 Å². The first-order valence-corrected chi connectivity index (χ1v) is 7.09. The molecule has 0 amide bonds. The molecule has 2 aliphatic carbocycles. The molecule has 0 heterocycles. The molecule has 0 aliphatic heterocycles. The SMILES string of the molecule is CC(C)(C)OC(=O)[C@H]1CC[C@@]2(C)C(=O)CCC[C@@]12O. The maximum atomic E-state index is 12.3. The van der Waals surface area contributed by atoms with E-state index in [1.54, 1.807) is 6.92 Å². The van der Waals surface area contributed by atoms with E-state index in [9.17, 15) is 14.7 Å². The van der Waals surface area contributed by atoms with Crippen molar-refractivity contribution in [3.05, 3.63) is 0 Å². The van der Waals surface area contributed by atoms with Crippen molar-refractivity contribution in [3.63, 3.8) is 0 Å². The number of ether oxygens (including phenoxy) is 1. The molecule has 2 aliphatic rings. The molecule has 0 unspecified atom stereocenters. The van der Waals surface area contributed by atoms with Crippen molar-refractivity contribution < 1.29 is 19.4 Å². The molecule has 4 heteroatoms. The second-order valence-corrected chi connectivity index (χ2v) is 7.16. The minimum absolute atomic E-state index is 0.0901. The Hall–Kier alpha value is -0.900. The van der Waals surface area contributed by atoms with E-state index in [1.165, 1.54) is 0 Å². The van der Waals surface area contributed by atoms with Gasteiger partial charge in [-0.05, 0) is 53.4 Å². The first-order chi connectivity index (χ1) is 8.60. The second kappa shape index (κ2) is 4.30. The third kappa shape index (κ3) is 2.20. The summed E-state index contributed by atoms with van der Waals surface area (Å²) in [5, 5.41) is 10.9. The van der Waals surface area contributed by atoms with Gasteiger partial charge in [0.2, 0.25) is 0 Å². The number of fused-ring (bicyclic) bond motifs is 1. The van der Waals surface area contributed by atoms with Crippen LogP contribution in [0.1, 0.15) is 59.8 Å². The van der Waals surface area contributed by atoms with Gasteiger partial charge in [-0.3, -0.25) is 9.59 Å². The van der Waals surface area contributed by atoms with Crippen molar-refractivity contribution in [2.24, 2.45) is 11.3 Å². The van der Waals surface area contributed by atoms with Gasteiger partial charge in [0.25, 0.3) is 0 Å². The van der Waals surface area contributed by atoms with Gasteiger partial charge in [0.05, 0.1) is 16.9 Å². The van der Waals surface area contributed by atoms with E-state index in [0.29, 0.717) is 32.1 Å². The molecule has 0 aromatic carbocycles. The van der Waals surface area contributed by atoms with E-state index in [-0.39, 0.29) is 11.8 Å². The van der Waals surface area contributed by atoms with Crippen LogP contribution in [0.4, 0.5) is 0 Å². The fraction of sp³-hybridized carbons (Fsp3) is 0.867. The van der Waals surface area contributed by atoms with Crippen LogP contribution in [0.5, 0.6) is 0 Å². The molecule has 0 spiro atoms. The van der Waals surface area contributed by atoms with Gasteiger partial charge in [0.1, 0.15) is 11.4 Å². The van der Waals surface area contributed by atoms with Gasteiger partial charge in [0.15, 0.2) is 0 Å². The monoisotopic (exact) mass is 268 g/mol. The Morgan fingerprint density at radius 2 is 2.00 bits per heavy atom. The van der Waals surface area contributed by atoms with E-state index in [1.807, 2.05) is 20.8 Å². The normalized spacial score (nSPS) is 39.0. The van der Waals surface area contributed by atoms with Crippen LogP contribution in [0.2, 0.25) is 0 Å². The minimum atomic E-state index is -1.22. The fourth-order valence-corrected chi connectivity index (χ4v) is 3.58. The first kappa shape index (κ1) is 14.5. The summed E-state index contributed by atoms with van der Waals surface area (Å²) < 4.78 is 5.41. The van der Waals surface area contributed by atoms with E-state index < -0.39 is 22.5 Å². The van der Waals surface area contributed by atoms with Gasteiger partial charge in [-0.1, -0.05) is 0 Å². The molecule has 0 aromatic heterocycles. The molecule has 2 fully saturated rings. The maximum absolute atomic E-state index is 12.3. The molecule has 0 aromatic rings.